The van der Waals surface area contributed by atoms with Crippen LogP contribution in [-0.2, 0) is 0 Å². The molecule has 0 aliphatic carbocycles. The number of nitrogens with zero attached hydrogens (tertiary/aromatic N) is 2. The standard InChI is InChI=1S/C18H14N4O3/c1-9-8-12(20-16-14(9)21-18(24)22-17(16)23)11-7-6-10-4-3-5-13(25-2)15(10)19-11/h3-8H,1-2H3,(H2,21,22,23,24). The molecule has 0 spiro atoms. The van der Waals surface area contributed by atoms with Crippen molar-refractivity contribution >= 4 is 21.9 Å². The molecule has 0 fully saturated rings. The Balaban J connectivity index is 2.00. The fourth-order valence-electron chi connectivity index (χ4n) is 2.86. The van der Waals surface area contributed by atoms with Gasteiger partial charge in [-0.15, -0.1) is 0 Å². The minimum absolute atomic E-state index is 0.177. The van der Waals surface area contributed by atoms with E-state index < -0.39 is 11.2 Å². The van der Waals surface area contributed by atoms with Crippen LogP contribution in [0.4, 0.5) is 0 Å². The fraction of sp³-hybridized carbons (Fsp3) is 0.111. The molecular formula is C18H14N4O3. The summed E-state index contributed by atoms with van der Waals surface area (Å²) in [5, 5.41) is 0.947. The quantitative estimate of drug-likeness (QED) is 0.585. The number of methoxy groups -OCH3 is 1. The topological polar surface area (TPSA) is 101 Å². The molecule has 0 aliphatic rings. The summed E-state index contributed by atoms with van der Waals surface area (Å²) in [5.41, 5.74) is 2.16. The van der Waals surface area contributed by atoms with E-state index in [9.17, 15) is 9.59 Å². The number of aromatic amines is 2. The average Bonchev–Trinajstić information content (AvgIpc) is 2.61. The summed E-state index contributed by atoms with van der Waals surface area (Å²) < 4.78 is 5.37. The summed E-state index contributed by atoms with van der Waals surface area (Å²) in [6.45, 7) is 1.81. The highest BCUT2D eigenvalue weighted by Crippen LogP contribution is 2.27. The van der Waals surface area contributed by atoms with E-state index >= 15 is 0 Å². The molecule has 0 amide bonds. The zero-order valence-electron chi connectivity index (χ0n) is 13.6. The molecule has 0 bridgehead atoms. The predicted octanol–water partition coefficient (Wildman–Crippen LogP) is 2.14. The van der Waals surface area contributed by atoms with Crippen molar-refractivity contribution in [3.63, 3.8) is 0 Å². The molecule has 1 aromatic carbocycles. The minimum Gasteiger partial charge on any atom is -0.494 e. The molecule has 124 valence electrons. The van der Waals surface area contributed by atoms with Crippen LogP contribution in [0, 0.1) is 6.92 Å². The van der Waals surface area contributed by atoms with E-state index in [1.165, 1.54) is 0 Å². The van der Waals surface area contributed by atoms with Gasteiger partial charge in [-0.25, -0.2) is 14.8 Å². The predicted molar refractivity (Wildman–Crippen MR) is 95.0 cm³/mol. The van der Waals surface area contributed by atoms with Crippen molar-refractivity contribution in [2.45, 2.75) is 6.92 Å². The lowest BCUT2D eigenvalue weighted by molar-refractivity contribution is 0.419. The van der Waals surface area contributed by atoms with Crippen LogP contribution >= 0.6 is 0 Å². The van der Waals surface area contributed by atoms with E-state index in [4.69, 9.17) is 4.74 Å². The van der Waals surface area contributed by atoms with Crippen molar-refractivity contribution in [2.24, 2.45) is 0 Å². The van der Waals surface area contributed by atoms with Crippen LogP contribution in [-0.4, -0.2) is 27.0 Å². The number of nitrogens with one attached hydrogen (secondary N) is 2. The number of para-hydroxylation sites is 1. The monoisotopic (exact) mass is 334 g/mol. The Hall–Kier alpha value is -3.48. The van der Waals surface area contributed by atoms with Crippen molar-refractivity contribution in [3.8, 4) is 17.1 Å². The van der Waals surface area contributed by atoms with Crippen LogP contribution in [0.5, 0.6) is 5.75 Å². The molecule has 2 N–H and O–H groups in total. The van der Waals surface area contributed by atoms with E-state index in [1.807, 2.05) is 37.3 Å². The van der Waals surface area contributed by atoms with E-state index in [-0.39, 0.29) is 5.52 Å². The number of benzene rings is 1. The summed E-state index contributed by atoms with van der Waals surface area (Å²) in [6, 6.07) is 11.3. The summed E-state index contributed by atoms with van der Waals surface area (Å²) >= 11 is 0. The Labute approximate surface area is 141 Å². The average molecular weight is 334 g/mol. The van der Waals surface area contributed by atoms with Gasteiger partial charge in [0.2, 0.25) is 0 Å². The van der Waals surface area contributed by atoms with E-state index in [0.29, 0.717) is 22.7 Å². The molecule has 3 aromatic heterocycles. The van der Waals surface area contributed by atoms with Crippen molar-refractivity contribution in [2.75, 3.05) is 7.11 Å². The van der Waals surface area contributed by atoms with Gasteiger partial charge in [-0.1, -0.05) is 18.2 Å². The summed E-state index contributed by atoms with van der Waals surface area (Å²) in [6.07, 6.45) is 0. The molecule has 4 rings (SSSR count). The largest absolute Gasteiger partial charge is 0.494 e. The second-order valence-electron chi connectivity index (χ2n) is 5.68. The van der Waals surface area contributed by atoms with Gasteiger partial charge in [0.05, 0.1) is 24.0 Å². The second kappa shape index (κ2) is 5.55. The highest BCUT2D eigenvalue weighted by Gasteiger charge is 2.11. The smallest absolute Gasteiger partial charge is 0.326 e. The van der Waals surface area contributed by atoms with Gasteiger partial charge in [-0.2, -0.15) is 0 Å². The van der Waals surface area contributed by atoms with Gasteiger partial charge >= 0.3 is 5.69 Å². The van der Waals surface area contributed by atoms with Gasteiger partial charge in [0.1, 0.15) is 11.3 Å². The first-order valence-electron chi connectivity index (χ1n) is 7.65. The van der Waals surface area contributed by atoms with Crippen LogP contribution in [0.25, 0.3) is 33.3 Å². The lowest BCUT2D eigenvalue weighted by Gasteiger charge is -2.08. The number of aryl methyl sites for hydroxylation is 1. The van der Waals surface area contributed by atoms with Gasteiger partial charge in [-0.05, 0) is 30.7 Å². The van der Waals surface area contributed by atoms with Crippen molar-refractivity contribution < 1.29 is 4.74 Å². The molecule has 0 saturated heterocycles. The van der Waals surface area contributed by atoms with Crippen LogP contribution < -0.4 is 16.0 Å². The van der Waals surface area contributed by atoms with Crippen LogP contribution in [0.2, 0.25) is 0 Å². The Bertz CT molecular complexity index is 1240. The van der Waals surface area contributed by atoms with Crippen LogP contribution in [0.3, 0.4) is 0 Å². The van der Waals surface area contributed by atoms with Crippen LogP contribution in [0.1, 0.15) is 5.56 Å². The summed E-state index contributed by atoms with van der Waals surface area (Å²) in [5.74, 6) is 0.666. The number of hydrogen-bond donors (Lipinski definition) is 2. The van der Waals surface area contributed by atoms with E-state index in [1.54, 1.807) is 13.2 Å². The summed E-state index contributed by atoms with van der Waals surface area (Å²) in [4.78, 5) is 37.4. The second-order valence-corrected chi connectivity index (χ2v) is 5.68. The maximum atomic E-state index is 12.1. The molecule has 0 aliphatic heterocycles. The number of pyridine rings is 2. The Morgan fingerprint density at radius 1 is 0.960 bits per heavy atom. The SMILES string of the molecule is COc1cccc2ccc(-c3cc(C)c4[nH]c(=O)[nH]c(=O)c4n3)nc12. The number of rotatable bonds is 2. The molecular weight excluding hydrogens is 320 g/mol. The van der Waals surface area contributed by atoms with Gasteiger partial charge in [0.25, 0.3) is 5.56 Å². The molecule has 0 unspecified atom stereocenters. The normalized spacial score (nSPS) is 11.1. The lowest BCUT2D eigenvalue weighted by atomic mass is 10.1. The first kappa shape index (κ1) is 15.1. The van der Waals surface area contributed by atoms with Gasteiger partial charge < -0.3 is 9.72 Å². The van der Waals surface area contributed by atoms with Crippen LogP contribution in [0.15, 0.2) is 46.0 Å². The highest BCUT2D eigenvalue weighted by atomic mass is 16.5. The fourth-order valence-corrected chi connectivity index (χ4v) is 2.86. The number of fused-ring (bicyclic) bond motifs is 2. The third-order valence-corrected chi connectivity index (χ3v) is 4.06. The zero-order chi connectivity index (χ0) is 17.6. The number of H-pyrrole nitrogens is 2. The highest BCUT2D eigenvalue weighted by molar-refractivity contribution is 5.87. The molecule has 7 heteroatoms. The molecule has 0 saturated carbocycles. The van der Waals surface area contributed by atoms with Gasteiger partial charge in [0.15, 0.2) is 5.52 Å². The molecule has 25 heavy (non-hydrogen) atoms. The first-order valence-corrected chi connectivity index (χ1v) is 7.65. The number of aromatic nitrogens is 4. The van der Waals surface area contributed by atoms with Gasteiger partial charge in [0, 0.05) is 5.39 Å². The Kier molecular flexibility index (Phi) is 3.35. The molecule has 0 radical (unpaired) electrons. The van der Waals surface area contributed by atoms with Crippen molar-refractivity contribution in [1.29, 1.82) is 0 Å². The maximum Gasteiger partial charge on any atom is 0.326 e. The Morgan fingerprint density at radius 3 is 2.56 bits per heavy atom. The van der Waals surface area contributed by atoms with E-state index in [0.717, 1.165) is 16.5 Å². The number of ether oxygens (including phenoxy) is 1. The van der Waals surface area contributed by atoms with Gasteiger partial charge in [-0.3, -0.25) is 9.78 Å². The molecule has 0 atom stereocenters. The van der Waals surface area contributed by atoms with Crippen molar-refractivity contribution in [1.82, 2.24) is 19.9 Å². The zero-order valence-corrected chi connectivity index (χ0v) is 13.6. The van der Waals surface area contributed by atoms with Crippen molar-refractivity contribution in [3.05, 3.63) is 62.8 Å². The first-order chi connectivity index (χ1) is 12.1. The Morgan fingerprint density at radius 2 is 1.76 bits per heavy atom. The molecule has 3 heterocycles. The minimum atomic E-state index is -0.552. The molecule has 4 aromatic rings. The third kappa shape index (κ3) is 2.46. The maximum absolute atomic E-state index is 12.1. The molecule has 7 nitrogen and oxygen atoms in total. The summed E-state index contributed by atoms with van der Waals surface area (Å²) in [7, 11) is 1.59. The number of hydrogen-bond acceptors (Lipinski definition) is 5. The third-order valence-electron chi connectivity index (χ3n) is 4.06. The van der Waals surface area contributed by atoms with E-state index in [2.05, 4.69) is 19.9 Å². The lowest BCUT2D eigenvalue weighted by Crippen LogP contribution is -2.23.